The van der Waals surface area contributed by atoms with Crippen LogP contribution in [0.1, 0.15) is 30.9 Å². The van der Waals surface area contributed by atoms with Gasteiger partial charge in [-0.15, -0.1) is 0 Å². The molecule has 3 N–H and O–H groups in total. The van der Waals surface area contributed by atoms with Crippen LogP contribution >= 0.6 is 0 Å². The fourth-order valence-corrected chi connectivity index (χ4v) is 4.49. The molecule has 1 aromatic heterocycles. The number of hydrogen-bond donors (Lipinski definition) is 2. The first-order chi connectivity index (χ1) is 15.5. The third-order valence-electron chi connectivity index (χ3n) is 6.50. The Morgan fingerprint density at radius 2 is 1.91 bits per heavy atom. The molecule has 0 saturated carbocycles. The molecule has 4 rings (SSSR count). The molecule has 0 radical (unpaired) electrons. The van der Waals surface area contributed by atoms with Crippen molar-refractivity contribution in [3.05, 3.63) is 53.9 Å². The molecular weight excluding hydrogens is 406 g/mol. The minimum Gasteiger partial charge on any atom is -0.492 e. The fraction of sp³-hybridized carbons (Fsp3) is 0.458. The number of carbonyl (C=O) groups excluding carboxylic acids is 1. The van der Waals surface area contributed by atoms with Crippen LogP contribution in [0, 0.1) is 10.8 Å². The molecule has 2 aromatic rings. The number of pyridine rings is 1. The summed E-state index contributed by atoms with van der Waals surface area (Å²) in [5.41, 5.74) is 8.46. The van der Waals surface area contributed by atoms with E-state index in [0.717, 1.165) is 43.1 Å². The van der Waals surface area contributed by atoms with Crippen LogP contribution in [0.25, 0.3) is 0 Å². The zero-order valence-corrected chi connectivity index (χ0v) is 18.5. The molecule has 0 bridgehead atoms. The molecule has 3 heterocycles. The summed E-state index contributed by atoms with van der Waals surface area (Å²) in [4.78, 5) is 21.2. The Bertz CT molecular complexity index is 957. The number of nitrogens with one attached hydrogen (secondary N) is 1. The maximum atomic E-state index is 12.9. The number of nitrogens with zero attached hydrogens (tertiary/aromatic N) is 3. The highest BCUT2D eigenvalue weighted by Gasteiger charge is 2.44. The van der Waals surface area contributed by atoms with Crippen LogP contribution in [0.5, 0.6) is 5.75 Å². The van der Waals surface area contributed by atoms with Crippen molar-refractivity contribution in [3.8, 4) is 5.75 Å². The van der Waals surface area contributed by atoms with Gasteiger partial charge in [0.15, 0.2) is 5.96 Å². The van der Waals surface area contributed by atoms with Crippen molar-refractivity contribution >= 4 is 17.6 Å². The average Bonchev–Trinajstić information content (AvgIpc) is 2.83. The first-order valence-corrected chi connectivity index (χ1v) is 11.2. The molecule has 32 heavy (non-hydrogen) atoms. The first kappa shape index (κ1) is 21.9. The Labute approximate surface area is 188 Å². The minimum absolute atomic E-state index is 0.102. The van der Waals surface area contributed by atoms with Gasteiger partial charge in [0, 0.05) is 44.3 Å². The van der Waals surface area contributed by atoms with Gasteiger partial charge < -0.3 is 25.0 Å². The van der Waals surface area contributed by atoms with Gasteiger partial charge in [0.1, 0.15) is 17.8 Å². The van der Waals surface area contributed by atoms with Gasteiger partial charge in [-0.3, -0.25) is 15.2 Å². The van der Waals surface area contributed by atoms with Gasteiger partial charge in [0.05, 0.1) is 6.61 Å². The Morgan fingerprint density at radius 1 is 1.16 bits per heavy atom. The van der Waals surface area contributed by atoms with E-state index in [-0.39, 0.29) is 11.9 Å². The fourth-order valence-electron chi connectivity index (χ4n) is 4.49. The number of fused-ring (bicyclic) bond motifs is 1. The summed E-state index contributed by atoms with van der Waals surface area (Å²) >= 11 is 0. The number of carbonyl (C=O) groups is 1. The second-order valence-corrected chi connectivity index (χ2v) is 8.47. The smallest absolute Gasteiger partial charge is 0.315 e. The number of esters is 1. The summed E-state index contributed by atoms with van der Waals surface area (Å²) < 4.78 is 11.6. The lowest BCUT2D eigenvalue weighted by Crippen LogP contribution is -2.48. The van der Waals surface area contributed by atoms with E-state index in [1.54, 1.807) is 12.4 Å². The number of anilines is 1. The van der Waals surface area contributed by atoms with Crippen LogP contribution in [-0.4, -0.2) is 54.7 Å². The highest BCUT2D eigenvalue weighted by molar-refractivity contribution is 5.77. The molecule has 2 aliphatic rings. The second kappa shape index (κ2) is 9.46. The SMILES string of the molecule is CCOC(=O)C1(COc2ccc3c(c2)CCN(C(=N)N)C3)CCN(c2ccncc2)CC1. The standard InChI is InChI=1S/C24H31N5O3/c1-2-31-22(30)24(8-13-28(14-9-24)20-5-10-27-11-6-20)17-32-21-4-3-19-16-29(23(25)26)12-7-18(19)15-21/h3-6,10-11,15H,2,7-9,12-14,16-17H2,1H3,(H3,25,26). The summed E-state index contributed by atoms with van der Waals surface area (Å²) in [5.74, 6) is 0.690. The van der Waals surface area contributed by atoms with Gasteiger partial charge in [-0.1, -0.05) is 6.07 Å². The van der Waals surface area contributed by atoms with Crippen LogP contribution in [0.2, 0.25) is 0 Å². The topological polar surface area (TPSA) is 105 Å². The lowest BCUT2D eigenvalue weighted by molar-refractivity contribution is -0.159. The highest BCUT2D eigenvalue weighted by atomic mass is 16.5. The van der Waals surface area contributed by atoms with Crippen molar-refractivity contribution < 1.29 is 14.3 Å². The molecule has 1 saturated heterocycles. The van der Waals surface area contributed by atoms with Crippen molar-refractivity contribution in [2.45, 2.75) is 32.7 Å². The van der Waals surface area contributed by atoms with E-state index >= 15 is 0 Å². The summed E-state index contributed by atoms with van der Waals surface area (Å²) in [5, 5.41) is 7.65. The molecule has 1 fully saturated rings. The summed E-state index contributed by atoms with van der Waals surface area (Å²) in [6.45, 7) is 5.39. The van der Waals surface area contributed by atoms with Crippen molar-refractivity contribution in [1.29, 1.82) is 5.41 Å². The number of guanidine groups is 1. The van der Waals surface area contributed by atoms with Crippen molar-refractivity contribution in [3.63, 3.8) is 0 Å². The van der Waals surface area contributed by atoms with Gasteiger partial charge in [-0.2, -0.15) is 0 Å². The van der Waals surface area contributed by atoms with Crippen molar-refractivity contribution in [2.75, 3.05) is 37.7 Å². The molecule has 0 spiro atoms. The lowest BCUT2D eigenvalue weighted by atomic mass is 9.79. The van der Waals surface area contributed by atoms with E-state index in [1.165, 1.54) is 5.56 Å². The summed E-state index contributed by atoms with van der Waals surface area (Å²) in [6.07, 6.45) is 5.74. The number of hydrogen-bond acceptors (Lipinski definition) is 6. The average molecular weight is 438 g/mol. The minimum atomic E-state index is -0.652. The van der Waals surface area contributed by atoms with E-state index in [9.17, 15) is 4.79 Å². The van der Waals surface area contributed by atoms with Gasteiger partial charge in [-0.05, 0) is 61.6 Å². The van der Waals surface area contributed by atoms with Gasteiger partial charge >= 0.3 is 5.97 Å². The molecule has 0 aliphatic carbocycles. The zero-order chi connectivity index (χ0) is 22.6. The summed E-state index contributed by atoms with van der Waals surface area (Å²) in [7, 11) is 0. The Balaban J connectivity index is 1.44. The van der Waals surface area contributed by atoms with E-state index in [0.29, 0.717) is 32.6 Å². The first-order valence-electron chi connectivity index (χ1n) is 11.2. The van der Waals surface area contributed by atoms with Gasteiger partial charge in [0.25, 0.3) is 0 Å². The number of nitrogens with two attached hydrogens (primary N) is 1. The van der Waals surface area contributed by atoms with Gasteiger partial charge in [-0.25, -0.2) is 0 Å². The van der Waals surface area contributed by atoms with E-state index in [1.807, 2.05) is 36.1 Å². The van der Waals surface area contributed by atoms with Crippen LogP contribution < -0.4 is 15.4 Å². The number of aromatic nitrogens is 1. The number of piperidine rings is 1. The normalized spacial score (nSPS) is 17.4. The predicted octanol–water partition coefficient (Wildman–Crippen LogP) is 2.56. The number of ether oxygens (including phenoxy) is 2. The Morgan fingerprint density at radius 3 is 2.59 bits per heavy atom. The Kier molecular flexibility index (Phi) is 6.48. The molecule has 0 atom stereocenters. The van der Waals surface area contributed by atoms with Gasteiger partial charge in [0.2, 0.25) is 0 Å². The molecule has 1 aromatic carbocycles. The number of benzene rings is 1. The van der Waals surface area contributed by atoms with Crippen molar-refractivity contribution in [1.82, 2.24) is 9.88 Å². The molecule has 2 aliphatic heterocycles. The van der Waals surface area contributed by atoms with Crippen LogP contribution in [0.4, 0.5) is 5.69 Å². The monoisotopic (exact) mass is 437 g/mol. The van der Waals surface area contributed by atoms with Crippen LogP contribution in [-0.2, 0) is 22.5 Å². The second-order valence-electron chi connectivity index (χ2n) is 8.47. The van der Waals surface area contributed by atoms with Crippen LogP contribution in [0.15, 0.2) is 42.7 Å². The van der Waals surface area contributed by atoms with E-state index < -0.39 is 5.41 Å². The van der Waals surface area contributed by atoms with Crippen molar-refractivity contribution in [2.24, 2.45) is 11.1 Å². The number of rotatable bonds is 6. The predicted molar refractivity (Wildman–Crippen MR) is 123 cm³/mol. The maximum absolute atomic E-state index is 12.9. The molecule has 8 heteroatoms. The maximum Gasteiger partial charge on any atom is 0.315 e. The lowest BCUT2D eigenvalue weighted by Gasteiger charge is -2.40. The third-order valence-corrected chi connectivity index (χ3v) is 6.50. The largest absolute Gasteiger partial charge is 0.492 e. The summed E-state index contributed by atoms with van der Waals surface area (Å²) in [6, 6.07) is 10.0. The molecule has 170 valence electrons. The van der Waals surface area contributed by atoms with E-state index in [4.69, 9.17) is 20.6 Å². The molecule has 0 amide bonds. The molecule has 0 unspecified atom stereocenters. The van der Waals surface area contributed by atoms with Crippen LogP contribution in [0.3, 0.4) is 0 Å². The van der Waals surface area contributed by atoms with E-state index in [2.05, 4.69) is 16.0 Å². The third kappa shape index (κ3) is 4.64. The highest BCUT2D eigenvalue weighted by Crippen LogP contribution is 2.36. The molecular formula is C24H31N5O3. The molecule has 8 nitrogen and oxygen atoms in total. The Hall–Kier alpha value is -3.29. The quantitative estimate of drug-likeness (QED) is 0.406. The zero-order valence-electron chi connectivity index (χ0n) is 18.5.